The van der Waals surface area contributed by atoms with Crippen LogP contribution in [0.3, 0.4) is 0 Å². The van der Waals surface area contributed by atoms with Crippen molar-refractivity contribution >= 4 is 33.3 Å². The van der Waals surface area contributed by atoms with Crippen molar-refractivity contribution in [1.82, 2.24) is 0 Å². The Balaban J connectivity index is 1.59. The number of carbonyl (C=O) groups excluding carboxylic acids is 1. The molecule has 0 aliphatic carbocycles. The molecule has 0 aliphatic heterocycles. The number of quaternary nitrogens is 1. The lowest BCUT2D eigenvalue weighted by atomic mass is 10.0. The summed E-state index contributed by atoms with van der Waals surface area (Å²) in [6, 6.07) is 18.9. The number of benzene rings is 3. The first-order valence-corrected chi connectivity index (χ1v) is 9.31. The zero-order chi connectivity index (χ0) is 20.4. The number of carbonyl (C=O) groups is 1. The highest BCUT2D eigenvalue weighted by Crippen LogP contribution is 2.26. The van der Waals surface area contributed by atoms with E-state index in [0.717, 1.165) is 26.6 Å². The number of hydrogen-bond donors (Lipinski definition) is 2. The molecule has 1 heterocycles. The van der Waals surface area contributed by atoms with Gasteiger partial charge in [-0.1, -0.05) is 36.4 Å². The van der Waals surface area contributed by atoms with Crippen LogP contribution in [0.1, 0.15) is 5.56 Å². The molecule has 1 atom stereocenters. The Morgan fingerprint density at radius 3 is 2.72 bits per heavy atom. The summed E-state index contributed by atoms with van der Waals surface area (Å²) in [6.07, 6.45) is 0. The molecule has 0 saturated carbocycles. The number of hydrogen-bond acceptors (Lipinski definition) is 3. The van der Waals surface area contributed by atoms with Gasteiger partial charge in [-0.25, -0.2) is 9.18 Å². The summed E-state index contributed by atoms with van der Waals surface area (Å²) in [5, 5.41) is 5.63. The van der Waals surface area contributed by atoms with Gasteiger partial charge in [0.2, 0.25) is 0 Å². The fraction of sp³-hybridized carbons (Fsp3) is 0.130. The lowest BCUT2D eigenvalue weighted by Gasteiger charge is -2.15. The maximum atomic E-state index is 13.3. The van der Waals surface area contributed by atoms with Crippen LogP contribution in [0.25, 0.3) is 21.7 Å². The quantitative estimate of drug-likeness (QED) is 0.406. The summed E-state index contributed by atoms with van der Waals surface area (Å²) in [7, 11) is 1.87. The summed E-state index contributed by atoms with van der Waals surface area (Å²) < 4.78 is 18.7. The van der Waals surface area contributed by atoms with Crippen molar-refractivity contribution in [2.24, 2.45) is 0 Å². The Morgan fingerprint density at radius 2 is 1.90 bits per heavy atom. The maximum absolute atomic E-state index is 13.3. The predicted molar refractivity (Wildman–Crippen MR) is 110 cm³/mol. The molecule has 0 aliphatic rings. The summed E-state index contributed by atoms with van der Waals surface area (Å²) >= 11 is 0. The van der Waals surface area contributed by atoms with Crippen LogP contribution in [-0.2, 0) is 11.3 Å². The second kappa shape index (κ2) is 7.85. The predicted octanol–water partition coefficient (Wildman–Crippen LogP) is 2.74. The standard InChI is InChI=1S/C23H19FN2O3/c1-26(14-21(27)25-18-7-4-6-17(24)12-18)13-16-11-22(28)29-20-10-9-15-5-2-3-8-19(15)23(16)20/h2-12H,13-14H2,1H3,(H,25,27)/p+1. The van der Waals surface area contributed by atoms with E-state index in [-0.39, 0.29) is 12.5 Å². The molecule has 0 spiro atoms. The molecule has 146 valence electrons. The van der Waals surface area contributed by atoms with Gasteiger partial charge in [-0.3, -0.25) is 4.79 Å². The molecule has 1 amide bonds. The third-order valence-electron chi connectivity index (χ3n) is 4.78. The fourth-order valence-electron chi connectivity index (χ4n) is 3.59. The molecule has 3 aromatic carbocycles. The van der Waals surface area contributed by atoms with Crippen LogP contribution in [-0.4, -0.2) is 19.5 Å². The minimum Gasteiger partial charge on any atom is -0.423 e. The first-order valence-electron chi connectivity index (χ1n) is 9.31. The van der Waals surface area contributed by atoms with Gasteiger partial charge >= 0.3 is 5.63 Å². The lowest BCUT2D eigenvalue weighted by Crippen LogP contribution is -3.08. The van der Waals surface area contributed by atoms with Crippen LogP contribution in [0, 0.1) is 5.82 Å². The molecule has 4 rings (SSSR count). The van der Waals surface area contributed by atoms with E-state index in [0.29, 0.717) is 17.8 Å². The van der Waals surface area contributed by atoms with Crippen LogP contribution in [0.5, 0.6) is 0 Å². The molecule has 0 saturated heterocycles. The number of fused-ring (bicyclic) bond motifs is 3. The minimum atomic E-state index is -0.417. The zero-order valence-corrected chi connectivity index (χ0v) is 15.9. The number of rotatable bonds is 5. The monoisotopic (exact) mass is 391 g/mol. The van der Waals surface area contributed by atoms with E-state index in [1.165, 1.54) is 18.2 Å². The van der Waals surface area contributed by atoms with Gasteiger partial charge in [-0.15, -0.1) is 0 Å². The second-order valence-electron chi connectivity index (χ2n) is 7.12. The van der Waals surface area contributed by atoms with Crippen molar-refractivity contribution in [2.75, 3.05) is 18.9 Å². The number of nitrogens with one attached hydrogen (secondary N) is 2. The lowest BCUT2D eigenvalue weighted by molar-refractivity contribution is -0.885. The van der Waals surface area contributed by atoms with Gasteiger partial charge in [0.25, 0.3) is 5.91 Å². The van der Waals surface area contributed by atoms with Crippen molar-refractivity contribution in [3.63, 3.8) is 0 Å². The Bertz CT molecular complexity index is 1270. The molecular formula is C23H20FN2O3+. The Hall–Kier alpha value is -3.51. The first kappa shape index (κ1) is 18.8. The van der Waals surface area contributed by atoms with Gasteiger partial charge in [-0.05, 0) is 35.0 Å². The largest absolute Gasteiger partial charge is 0.423 e. The van der Waals surface area contributed by atoms with E-state index in [9.17, 15) is 14.0 Å². The third-order valence-corrected chi connectivity index (χ3v) is 4.78. The first-order chi connectivity index (χ1) is 14.0. The van der Waals surface area contributed by atoms with Crippen LogP contribution in [0.15, 0.2) is 75.9 Å². The van der Waals surface area contributed by atoms with E-state index in [1.54, 1.807) is 18.2 Å². The van der Waals surface area contributed by atoms with Crippen molar-refractivity contribution in [2.45, 2.75) is 6.54 Å². The number of amides is 1. The van der Waals surface area contributed by atoms with Crippen LogP contribution in [0.2, 0.25) is 0 Å². The Labute approximate surface area is 166 Å². The van der Waals surface area contributed by atoms with E-state index < -0.39 is 11.4 Å². The van der Waals surface area contributed by atoms with Crippen LogP contribution in [0.4, 0.5) is 10.1 Å². The number of halogens is 1. The topological polar surface area (TPSA) is 63.8 Å². The average Bonchev–Trinajstić information content (AvgIpc) is 2.67. The molecule has 0 fully saturated rings. The van der Waals surface area contributed by atoms with Gasteiger partial charge in [0.1, 0.15) is 17.9 Å². The van der Waals surface area contributed by atoms with E-state index in [1.807, 2.05) is 37.4 Å². The van der Waals surface area contributed by atoms with E-state index in [2.05, 4.69) is 5.32 Å². The van der Waals surface area contributed by atoms with Gasteiger partial charge in [-0.2, -0.15) is 0 Å². The summed E-state index contributed by atoms with van der Waals surface area (Å²) in [5.74, 6) is -0.636. The molecule has 29 heavy (non-hydrogen) atoms. The number of anilines is 1. The molecule has 2 N–H and O–H groups in total. The molecule has 0 radical (unpaired) electrons. The van der Waals surface area contributed by atoms with Crippen molar-refractivity contribution in [3.8, 4) is 0 Å². The Kier molecular flexibility index (Phi) is 5.10. The Morgan fingerprint density at radius 1 is 1.07 bits per heavy atom. The van der Waals surface area contributed by atoms with Crippen molar-refractivity contribution in [1.29, 1.82) is 0 Å². The van der Waals surface area contributed by atoms with Gasteiger partial charge in [0.15, 0.2) is 6.54 Å². The smallest absolute Gasteiger partial charge is 0.336 e. The zero-order valence-electron chi connectivity index (χ0n) is 15.9. The minimum absolute atomic E-state index is 0.170. The highest BCUT2D eigenvalue weighted by Gasteiger charge is 2.16. The summed E-state index contributed by atoms with van der Waals surface area (Å²) in [5.41, 5.74) is 1.35. The van der Waals surface area contributed by atoms with Crippen LogP contribution < -0.4 is 15.8 Å². The van der Waals surface area contributed by atoms with Gasteiger partial charge < -0.3 is 14.6 Å². The molecule has 1 unspecified atom stereocenters. The fourth-order valence-corrected chi connectivity index (χ4v) is 3.59. The highest BCUT2D eigenvalue weighted by molar-refractivity contribution is 6.07. The molecule has 5 nitrogen and oxygen atoms in total. The molecule has 4 aromatic rings. The van der Waals surface area contributed by atoms with Crippen LogP contribution >= 0.6 is 0 Å². The summed E-state index contributed by atoms with van der Waals surface area (Å²) in [4.78, 5) is 25.2. The SMILES string of the molecule is C[NH+](CC(=O)Nc1cccc(F)c1)Cc1cc(=O)oc2ccc3ccccc3c12. The molecule has 0 bridgehead atoms. The second-order valence-corrected chi connectivity index (χ2v) is 7.12. The number of likely N-dealkylation sites (N-methyl/N-ethyl adjacent to an activating group) is 1. The molecule has 6 heteroatoms. The normalized spacial score (nSPS) is 12.2. The molecule has 1 aromatic heterocycles. The van der Waals surface area contributed by atoms with Gasteiger partial charge in [0, 0.05) is 22.7 Å². The van der Waals surface area contributed by atoms with Crippen molar-refractivity contribution in [3.05, 3.63) is 88.5 Å². The van der Waals surface area contributed by atoms with E-state index in [4.69, 9.17) is 4.42 Å². The molecular weight excluding hydrogens is 371 g/mol. The van der Waals surface area contributed by atoms with Gasteiger partial charge in [0.05, 0.1) is 7.05 Å². The summed E-state index contributed by atoms with van der Waals surface area (Å²) in [6.45, 7) is 0.635. The van der Waals surface area contributed by atoms with Crippen molar-refractivity contribution < 1.29 is 18.5 Å². The average molecular weight is 391 g/mol. The van der Waals surface area contributed by atoms with E-state index >= 15 is 0 Å². The maximum Gasteiger partial charge on any atom is 0.336 e. The third kappa shape index (κ3) is 4.17. The highest BCUT2D eigenvalue weighted by atomic mass is 19.1.